The zero-order chi connectivity index (χ0) is 23.2. The van der Waals surface area contributed by atoms with Gasteiger partial charge in [-0.25, -0.2) is 4.68 Å². The minimum Gasteiger partial charge on any atom is -0.480 e. The molecule has 1 saturated heterocycles. The number of nitrogens with zero attached hydrogens (tertiary/aromatic N) is 4. The van der Waals surface area contributed by atoms with Crippen molar-refractivity contribution in [3.63, 3.8) is 0 Å². The van der Waals surface area contributed by atoms with Crippen LogP contribution >= 0.6 is 0 Å². The molecule has 4 N–H and O–H groups in total. The number of carboxylic acids is 1. The number of anilines is 2. The highest BCUT2D eigenvalue weighted by Gasteiger charge is 2.37. The molecule has 2 heterocycles. The summed E-state index contributed by atoms with van der Waals surface area (Å²) in [6.07, 6.45) is 5.88. The summed E-state index contributed by atoms with van der Waals surface area (Å²) in [4.78, 5) is 26.0. The molecule has 1 aromatic heterocycles. The van der Waals surface area contributed by atoms with Crippen molar-refractivity contribution < 1.29 is 14.7 Å². The number of aromatic nitrogens is 3. The molecule has 1 aliphatic heterocycles. The molecule has 0 spiro atoms. The number of carbonyl (C=O) groups excluding carboxylic acids is 1. The zero-order valence-electron chi connectivity index (χ0n) is 18.0. The lowest BCUT2D eigenvalue weighted by Crippen LogP contribution is -2.37. The summed E-state index contributed by atoms with van der Waals surface area (Å²) < 4.78 is 1.69. The lowest BCUT2D eigenvalue weighted by atomic mass is 10.1. The molecule has 33 heavy (non-hydrogen) atoms. The fourth-order valence-corrected chi connectivity index (χ4v) is 3.98. The fourth-order valence-electron chi connectivity index (χ4n) is 3.98. The molecule has 4 rings (SSSR count). The second kappa shape index (κ2) is 10.1. The average molecular weight is 447 g/mol. The number of carboxylic acid groups (broad SMARTS) is 1. The highest BCUT2D eigenvalue weighted by atomic mass is 16.4. The van der Waals surface area contributed by atoms with E-state index in [0.29, 0.717) is 36.6 Å². The van der Waals surface area contributed by atoms with Crippen molar-refractivity contribution in [2.75, 3.05) is 24.1 Å². The average Bonchev–Trinajstić information content (AvgIpc) is 3.46. The number of amides is 1. The standard InChI is InChI=1S/C24H26N6O3/c25-20-8-4-5-9-21(20)26-23(31)11-10-18-15-30(28-27-18)19-14-22(24(32)33)29(16-19)13-12-17-6-2-1-3-7-17/h1-11,15,19,22H,12-14,16,25H2,(H,26,31)(H,32,33)/b11-10+/t19-,22-/m0/s1. The molecule has 1 amide bonds. The summed E-state index contributed by atoms with van der Waals surface area (Å²) >= 11 is 0. The number of nitrogens with two attached hydrogens (primary N) is 1. The molecule has 1 fully saturated rings. The van der Waals surface area contributed by atoms with E-state index >= 15 is 0 Å². The van der Waals surface area contributed by atoms with Gasteiger partial charge in [0.2, 0.25) is 5.91 Å². The number of carbonyl (C=O) groups is 2. The van der Waals surface area contributed by atoms with E-state index in [0.717, 1.165) is 6.42 Å². The largest absolute Gasteiger partial charge is 0.480 e. The molecule has 2 aromatic carbocycles. The van der Waals surface area contributed by atoms with Crippen LogP contribution in [-0.2, 0) is 16.0 Å². The smallest absolute Gasteiger partial charge is 0.321 e. The topological polar surface area (TPSA) is 126 Å². The zero-order valence-corrected chi connectivity index (χ0v) is 18.0. The molecule has 0 aliphatic carbocycles. The Balaban J connectivity index is 1.37. The Morgan fingerprint density at radius 3 is 2.67 bits per heavy atom. The van der Waals surface area contributed by atoms with Gasteiger partial charge in [0.15, 0.2) is 0 Å². The molecule has 1 aliphatic rings. The van der Waals surface area contributed by atoms with Gasteiger partial charge in [-0.15, -0.1) is 5.10 Å². The number of hydrogen-bond donors (Lipinski definition) is 3. The van der Waals surface area contributed by atoms with Crippen LogP contribution in [0.25, 0.3) is 6.08 Å². The van der Waals surface area contributed by atoms with E-state index in [1.54, 1.807) is 41.2 Å². The summed E-state index contributed by atoms with van der Waals surface area (Å²) in [6, 6.07) is 16.4. The van der Waals surface area contributed by atoms with Gasteiger partial charge in [0.05, 0.1) is 23.6 Å². The second-order valence-corrected chi connectivity index (χ2v) is 8.01. The van der Waals surface area contributed by atoms with Gasteiger partial charge in [0.1, 0.15) is 11.7 Å². The molecule has 0 unspecified atom stereocenters. The van der Waals surface area contributed by atoms with Crippen molar-refractivity contribution in [1.29, 1.82) is 0 Å². The Bertz CT molecular complexity index is 1140. The van der Waals surface area contributed by atoms with Crippen LogP contribution in [0.2, 0.25) is 0 Å². The van der Waals surface area contributed by atoms with Gasteiger partial charge in [-0.2, -0.15) is 0 Å². The number of nitrogens with one attached hydrogen (secondary N) is 1. The predicted molar refractivity (Wildman–Crippen MR) is 125 cm³/mol. The van der Waals surface area contributed by atoms with Crippen LogP contribution in [0, 0.1) is 0 Å². The Labute approximate surface area is 191 Å². The number of aliphatic carboxylic acids is 1. The van der Waals surface area contributed by atoms with E-state index in [1.807, 2.05) is 35.2 Å². The summed E-state index contributed by atoms with van der Waals surface area (Å²) in [5.41, 5.74) is 8.55. The molecular formula is C24H26N6O3. The van der Waals surface area contributed by atoms with Crippen molar-refractivity contribution in [3.05, 3.63) is 78.1 Å². The summed E-state index contributed by atoms with van der Waals surface area (Å²) in [7, 11) is 0. The molecular weight excluding hydrogens is 420 g/mol. The number of hydrogen-bond acceptors (Lipinski definition) is 6. The summed E-state index contributed by atoms with van der Waals surface area (Å²) in [5.74, 6) is -1.16. The van der Waals surface area contributed by atoms with E-state index in [9.17, 15) is 14.7 Å². The molecule has 2 atom stereocenters. The van der Waals surface area contributed by atoms with E-state index in [4.69, 9.17) is 5.73 Å². The molecule has 170 valence electrons. The molecule has 3 aromatic rings. The molecule has 0 bridgehead atoms. The lowest BCUT2D eigenvalue weighted by Gasteiger charge is -2.20. The van der Waals surface area contributed by atoms with Gasteiger partial charge in [-0.05, 0) is 36.6 Å². The third-order valence-corrected chi connectivity index (χ3v) is 5.72. The Kier molecular flexibility index (Phi) is 6.80. The summed E-state index contributed by atoms with van der Waals surface area (Å²) in [6.45, 7) is 1.23. The number of likely N-dealkylation sites (tertiary alicyclic amines) is 1. The highest BCUT2D eigenvalue weighted by Crippen LogP contribution is 2.27. The first-order chi connectivity index (χ1) is 16.0. The van der Waals surface area contributed by atoms with Gasteiger partial charge < -0.3 is 16.2 Å². The number of benzene rings is 2. The summed E-state index contributed by atoms with van der Waals surface area (Å²) in [5, 5.41) is 20.7. The number of nitrogen functional groups attached to an aromatic ring is 1. The van der Waals surface area contributed by atoms with Crippen molar-refractivity contribution in [1.82, 2.24) is 19.9 Å². The Hall–Kier alpha value is -3.98. The first kappa shape index (κ1) is 22.2. The minimum absolute atomic E-state index is 0.102. The van der Waals surface area contributed by atoms with Crippen LogP contribution in [0.15, 0.2) is 66.9 Å². The van der Waals surface area contributed by atoms with Crippen molar-refractivity contribution >= 4 is 29.3 Å². The lowest BCUT2D eigenvalue weighted by molar-refractivity contribution is -0.142. The molecule has 0 saturated carbocycles. The van der Waals surface area contributed by atoms with Crippen molar-refractivity contribution in [2.24, 2.45) is 0 Å². The van der Waals surface area contributed by atoms with Crippen molar-refractivity contribution in [2.45, 2.75) is 24.9 Å². The van der Waals surface area contributed by atoms with Crippen LogP contribution in [0.3, 0.4) is 0 Å². The fraction of sp³-hybridized carbons (Fsp3) is 0.250. The van der Waals surface area contributed by atoms with Gasteiger partial charge in [0.25, 0.3) is 0 Å². The van der Waals surface area contributed by atoms with Crippen LogP contribution in [0.5, 0.6) is 0 Å². The number of para-hydroxylation sites is 2. The predicted octanol–water partition coefficient (Wildman–Crippen LogP) is 2.45. The van der Waals surface area contributed by atoms with Crippen LogP contribution in [0.1, 0.15) is 23.7 Å². The Morgan fingerprint density at radius 1 is 1.15 bits per heavy atom. The van der Waals surface area contributed by atoms with Gasteiger partial charge in [-0.3, -0.25) is 14.5 Å². The van der Waals surface area contributed by atoms with E-state index in [2.05, 4.69) is 15.6 Å². The monoisotopic (exact) mass is 446 g/mol. The maximum atomic E-state index is 12.2. The number of rotatable bonds is 8. The Morgan fingerprint density at radius 2 is 1.91 bits per heavy atom. The third kappa shape index (κ3) is 5.64. The highest BCUT2D eigenvalue weighted by molar-refractivity contribution is 6.03. The van der Waals surface area contributed by atoms with Gasteiger partial charge in [-0.1, -0.05) is 47.7 Å². The quantitative estimate of drug-likeness (QED) is 0.358. The van der Waals surface area contributed by atoms with Crippen LogP contribution < -0.4 is 11.1 Å². The molecule has 9 nitrogen and oxygen atoms in total. The van der Waals surface area contributed by atoms with Crippen molar-refractivity contribution in [3.8, 4) is 0 Å². The van der Waals surface area contributed by atoms with Gasteiger partial charge in [0, 0.05) is 19.2 Å². The van der Waals surface area contributed by atoms with E-state index in [1.165, 1.54) is 11.6 Å². The van der Waals surface area contributed by atoms with E-state index in [-0.39, 0.29) is 11.9 Å². The maximum absolute atomic E-state index is 12.2. The first-order valence-electron chi connectivity index (χ1n) is 10.8. The molecule has 0 radical (unpaired) electrons. The second-order valence-electron chi connectivity index (χ2n) is 8.01. The normalized spacial score (nSPS) is 18.5. The minimum atomic E-state index is -0.831. The molecule has 9 heteroatoms. The van der Waals surface area contributed by atoms with Crippen LogP contribution in [0.4, 0.5) is 11.4 Å². The first-order valence-corrected chi connectivity index (χ1v) is 10.8. The SMILES string of the molecule is Nc1ccccc1NC(=O)/C=C/c1cn([C@H]2C[C@@H](C(=O)O)N(CCc3ccccc3)C2)nn1. The van der Waals surface area contributed by atoms with Gasteiger partial charge >= 0.3 is 5.97 Å². The van der Waals surface area contributed by atoms with Crippen LogP contribution in [-0.4, -0.2) is 56.0 Å². The maximum Gasteiger partial charge on any atom is 0.321 e. The third-order valence-electron chi connectivity index (χ3n) is 5.72. The van der Waals surface area contributed by atoms with E-state index < -0.39 is 12.0 Å².